The topological polar surface area (TPSA) is 91.0 Å². The van der Waals surface area contributed by atoms with Gasteiger partial charge in [0.15, 0.2) is 0 Å². The number of nitrogens with zero attached hydrogens (tertiary/aromatic N) is 2. The molecule has 41 heavy (non-hydrogen) atoms. The van der Waals surface area contributed by atoms with E-state index in [4.69, 9.17) is 28.4 Å². The van der Waals surface area contributed by atoms with Crippen molar-refractivity contribution in [3.05, 3.63) is 53.6 Å². The molecule has 3 aliphatic rings. The zero-order valence-corrected chi connectivity index (χ0v) is 24.2. The van der Waals surface area contributed by atoms with Gasteiger partial charge in [-0.3, -0.25) is 4.79 Å². The number of methoxy groups -OCH3 is 2. The molecule has 10 nitrogen and oxygen atoms in total. The number of carbonyl (C=O) groups is 1. The molecule has 0 aliphatic carbocycles. The fourth-order valence-corrected chi connectivity index (χ4v) is 5.77. The standard InChI is InChI=1S/C31H43N3O7/c1-36-14-3-10-33-13-17-39-27-9-4-23(18-26(27)33)21-40-28-19-32-20-29(31(28)24-5-7-25(37-2)8-6-24)41-22-30(35)34-11-15-38-16-12-34/h4-9,18,28-29,31-32H,3,10-17,19-22H2,1-2H3. The highest BCUT2D eigenvalue weighted by Crippen LogP contribution is 2.35. The smallest absolute Gasteiger partial charge is 0.248 e. The van der Waals surface area contributed by atoms with Gasteiger partial charge >= 0.3 is 0 Å². The van der Waals surface area contributed by atoms with Crippen molar-refractivity contribution in [2.24, 2.45) is 0 Å². The van der Waals surface area contributed by atoms with Gasteiger partial charge in [0, 0.05) is 52.4 Å². The van der Waals surface area contributed by atoms with E-state index >= 15 is 0 Å². The Morgan fingerprint density at radius 1 is 0.976 bits per heavy atom. The summed E-state index contributed by atoms with van der Waals surface area (Å²) in [5.74, 6) is 1.65. The van der Waals surface area contributed by atoms with E-state index < -0.39 is 0 Å². The molecule has 224 valence electrons. The van der Waals surface area contributed by atoms with E-state index in [0.717, 1.165) is 54.4 Å². The zero-order chi connectivity index (χ0) is 28.4. The first-order valence-electron chi connectivity index (χ1n) is 14.6. The molecule has 2 aromatic carbocycles. The van der Waals surface area contributed by atoms with Gasteiger partial charge in [-0.2, -0.15) is 0 Å². The number of fused-ring (bicyclic) bond motifs is 1. The number of hydrogen-bond acceptors (Lipinski definition) is 9. The molecule has 3 aliphatic heterocycles. The number of carbonyl (C=O) groups excluding carboxylic acids is 1. The van der Waals surface area contributed by atoms with Gasteiger partial charge in [-0.05, 0) is 41.8 Å². The number of hydrogen-bond donors (Lipinski definition) is 1. The number of amides is 1. The van der Waals surface area contributed by atoms with E-state index in [-0.39, 0.29) is 30.6 Å². The van der Waals surface area contributed by atoms with Crippen LogP contribution in [-0.2, 0) is 30.3 Å². The van der Waals surface area contributed by atoms with E-state index in [9.17, 15) is 4.79 Å². The summed E-state index contributed by atoms with van der Waals surface area (Å²) in [4.78, 5) is 17.0. The molecule has 3 unspecified atom stereocenters. The molecule has 1 amide bonds. The van der Waals surface area contributed by atoms with Crippen LogP contribution >= 0.6 is 0 Å². The Bertz CT molecular complexity index is 1110. The van der Waals surface area contributed by atoms with Crippen LogP contribution in [0.15, 0.2) is 42.5 Å². The van der Waals surface area contributed by atoms with Crippen LogP contribution in [0.5, 0.6) is 11.5 Å². The minimum atomic E-state index is -0.222. The number of rotatable bonds is 12. The van der Waals surface area contributed by atoms with Crippen LogP contribution in [0.2, 0.25) is 0 Å². The highest BCUT2D eigenvalue weighted by molar-refractivity contribution is 5.77. The summed E-state index contributed by atoms with van der Waals surface area (Å²) in [6.07, 6.45) is 0.592. The van der Waals surface area contributed by atoms with E-state index in [1.807, 2.05) is 23.1 Å². The molecular formula is C31H43N3O7. The minimum Gasteiger partial charge on any atom is -0.497 e. The zero-order valence-electron chi connectivity index (χ0n) is 24.2. The van der Waals surface area contributed by atoms with Crippen molar-refractivity contribution in [2.75, 3.05) is 91.4 Å². The quantitative estimate of drug-likeness (QED) is 0.387. The molecule has 0 bridgehead atoms. The van der Waals surface area contributed by atoms with Crippen molar-refractivity contribution in [3.63, 3.8) is 0 Å². The first-order chi connectivity index (χ1) is 20.2. The van der Waals surface area contributed by atoms with Crippen LogP contribution in [-0.4, -0.2) is 110 Å². The predicted octanol–water partition coefficient (Wildman–Crippen LogP) is 2.45. The summed E-state index contributed by atoms with van der Waals surface area (Å²) in [5, 5.41) is 3.47. The van der Waals surface area contributed by atoms with Gasteiger partial charge in [0.05, 0.1) is 51.4 Å². The van der Waals surface area contributed by atoms with Gasteiger partial charge in [-0.25, -0.2) is 0 Å². The minimum absolute atomic E-state index is 0.00356. The lowest BCUT2D eigenvalue weighted by Gasteiger charge is -2.39. The van der Waals surface area contributed by atoms with Crippen molar-refractivity contribution in [2.45, 2.75) is 31.2 Å². The maximum absolute atomic E-state index is 12.8. The predicted molar refractivity (Wildman–Crippen MR) is 155 cm³/mol. The van der Waals surface area contributed by atoms with Crippen molar-refractivity contribution >= 4 is 11.6 Å². The Kier molecular flexibility index (Phi) is 10.7. The molecule has 1 N–H and O–H groups in total. The van der Waals surface area contributed by atoms with Gasteiger partial charge in [0.2, 0.25) is 5.91 Å². The number of morpholine rings is 1. The van der Waals surface area contributed by atoms with Gasteiger partial charge < -0.3 is 43.5 Å². The Hall–Kier alpha value is -2.89. The molecule has 2 fully saturated rings. The average Bonchev–Trinajstić information content (AvgIpc) is 3.03. The van der Waals surface area contributed by atoms with Crippen molar-refractivity contribution < 1.29 is 33.2 Å². The van der Waals surface area contributed by atoms with Crippen molar-refractivity contribution in [3.8, 4) is 11.5 Å². The summed E-state index contributed by atoms with van der Waals surface area (Å²) in [6.45, 7) is 7.36. The van der Waals surface area contributed by atoms with Crippen LogP contribution < -0.4 is 19.7 Å². The summed E-state index contributed by atoms with van der Waals surface area (Å²) < 4.78 is 34.9. The van der Waals surface area contributed by atoms with Crippen LogP contribution in [0, 0.1) is 0 Å². The lowest BCUT2D eigenvalue weighted by atomic mass is 9.85. The molecule has 3 atom stereocenters. The highest BCUT2D eigenvalue weighted by Gasteiger charge is 2.37. The van der Waals surface area contributed by atoms with Crippen LogP contribution in [0.3, 0.4) is 0 Å². The molecule has 3 heterocycles. The van der Waals surface area contributed by atoms with Gasteiger partial charge in [-0.1, -0.05) is 18.2 Å². The number of nitrogens with one attached hydrogen (secondary N) is 1. The summed E-state index contributed by atoms with van der Waals surface area (Å²) in [6, 6.07) is 14.4. The normalized spacial score (nSPS) is 22.6. The number of piperidine rings is 1. The maximum atomic E-state index is 12.8. The number of ether oxygens (including phenoxy) is 6. The molecule has 10 heteroatoms. The second kappa shape index (κ2) is 14.8. The molecule has 0 radical (unpaired) electrons. The second-order valence-electron chi connectivity index (χ2n) is 10.6. The van der Waals surface area contributed by atoms with Crippen molar-refractivity contribution in [1.29, 1.82) is 0 Å². The highest BCUT2D eigenvalue weighted by atomic mass is 16.5. The third-order valence-electron chi connectivity index (χ3n) is 8.00. The molecular weight excluding hydrogens is 526 g/mol. The first-order valence-corrected chi connectivity index (χ1v) is 14.6. The Morgan fingerprint density at radius 3 is 2.51 bits per heavy atom. The fraction of sp³-hybridized carbons (Fsp3) is 0.581. The Labute approximate surface area is 242 Å². The third-order valence-corrected chi connectivity index (χ3v) is 8.00. The molecule has 0 spiro atoms. The molecule has 5 rings (SSSR count). The maximum Gasteiger partial charge on any atom is 0.248 e. The lowest BCUT2D eigenvalue weighted by molar-refractivity contribution is -0.144. The second-order valence-corrected chi connectivity index (χ2v) is 10.6. The van der Waals surface area contributed by atoms with Crippen LogP contribution in [0.4, 0.5) is 5.69 Å². The molecule has 2 saturated heterocycles. The average molecular weight is 570 g/mol. The Balaban J connectivity index is 1.28. The molecule has 2 aromatic rings. The lowest BCUT2D eigenvalue weighted by Crippen LogP contribution is -2.51. The van der Waals surface area contributed by atoms with Gasteiger partial charge in [0.25, 0.3) is 0 Å². The van der Waals surface area contributed by atoms with Gasteiger partial charge in [0.1, 0.15) is 24.7 Å². The fourth-order valence-electron chi connectivity index (χ4n) is 5.77. The number of benzene rings is 2. The summed E-state index contributed by atoms with van der Waals surface area (Å²) in [5.41, 5.74) is 3.29. The van der Waals surface area contributed by atoms with E-state index in [1.165, 1.54) is 0 Å². The third kappa shape index (κ3) is 7.69. The van der Waals surface area contributed by atoms with E-state index in [0.29, 0.717) is 52.6 Å². The van der Waals surface area contributed by atoms with E-state index in [1.54, 1.807) is 14.2 Å². The largest absolute Gasteiger partial charge is 0.497 e. The Morgan fingerprint density at radius 2 is 1.76 bits per heavy atom. The van der Waals surface area contributed by atoms with Gasteiger partial charge in [-0.15, -0.1) is 0 Å². The van der Waals surface area contributed by atoms with Crippen molar-refractivity contribution in [1.82, 2.24) is 10.2 Å². The van der Waals surface area contributed by atoms with Crippen LogP contribution in [0.25, 0.3) is 0 Å². The SMILES string of the molecule is COCCCN1CCOc2ccc(COC3CNCC(OCC(=O)N4CCOCC4)C3c3ccc(OC)cc3)cc21. The summed E-state index contributed by atoms with van der Waals surface area (Å²) >= 11 is 0. The van der Waals surface area contributed by atoms with Crippen LogP contribution in [0.1, 0.15) is 23.5 Å². The van der Waals surface area contributed by atoms with E-state index in [2.05, 4.69) is 34.5 Å². The number of anilines is 1. The first kappa shape index (κ1) is 29.6. The molecule has 0 saturated carbocycles. The summed E-state index contributed by atoms with van der Waals surface area (Å²) in [7, 11) is 3.40. The monoisotopic (exact) mass is 569 g/mol. The molecule has 0 aromatic heterocycles.